The van der Waals surface area contributed by atoms with Crippen LogP contribution in [0.15, 0.2) is 47.7 Å². The lowest BCUT2D eigenvalue weighted by Crippen LogP contribution is -2.67. The number of fused-ring (bicyclic) bond motifs is 7. The minimum absolute atomic E-state index is 0.0383. The highest BCUT2D eigenvalue weighted by Gasteiger charge is 2.70. The molecule has 1 aromatic heterocycles. The second kappa shape index (κ2) is 11.5. The van der Waals surface area contributed by atoms with Gasteiger partial charge in [-0.05, 0) is 126 Å². The summed E-state index contributed by atoms with van der Waals surface area (Å²) in [4.78, 5) is 38.9. The summed E-state index contributed by atoms with van der Waals surface area (Å²) < 4.78 is 0. The van der Waals surface area contributed by atoms with Gasteiger partial charge in [0.25, 0.3) is 0 Å². The molecule has 1 unspecified atom stereocenters. The van der Waals surface area contributed by atoms with Crippen LogP contribution in [0.5, 0.6) is 0 Å². The summed E-state index contributed by atoms with van der Waals surface area (Å²) in [5.41, 5.74) is 4.01. The zero-order valence-electron chi connectivity index (χ0n) is 31.6. The number of urea groups is 1. The molecule has 3 N–H and O–H groups in total. The molecule has 2 amide bonds. The van der Waals surface area contributed by atoms with Crippen LogP contribution in [0, 0.1) is 45.3 Å². The van der Waals surface area contributed by atoms with E-state index in [2.05, 4.69) is 70.9 Å². The van der Waals surface area contributed by atoms with E-state index in [-0.39, 0.29) is 57.5 Å². The molecule has 1 aliphatic heterocycles. The van der Waals surface area contributed by atoms with Gasteiger partial charge in [0.05, 0.1) is 29.6 Å². The van der Waals surface area contributed by atoms with Gasteiger partial charge < -0.3 is 20.3 Å². The summed E-state index contributed by atoms with van der Waals surface area (Å²) >= 11 is 0. The third-order valence-electron chi connectivity index (χ3n) is 16.3. The quantitative estimate of drug-likeness (QED) is 0.300. The standard InChI is InChI=1S/C43H60N4O3/c1-26(2)35-31(48)24-43(46-38(50)47-23-11-14-30(47)37-44-25-29(45-37)27-12-9-8-10-13-27)22-21-41(6)28(36(35)43)15-16-33-40(5)19-18-34(49)39(3,4)32(40)17-20-42(33,41)7/h8-10,12-13,25-26,28,30,32-34,49H,11,14-24H2,1-7H3,(H,44,45)(H,46,50)/t28-,30+,32+,33-,34+,40+,41-,42-,43?/m1/s1. The number of carbonyl (C=O) groups excluding carboxylic acids is 2. The maximum absolute atomic E-state index is 14.5. The van der Waals surface area contributed by atoms with Crippen LogP contribution < -0.4 is 5.32 Å². The van der Waals surface area contributed by atoms with Crippen molar-refractivity contribution in [1.29, 1.82) is 0 Å². The number of allylic oxidation sites excluding steroid dienone is 1. The van der Waals surface area contributed by atoms with E-state index < -0.39 is 5.54 Å². The molecule has 1 aromatic carbocycles. The Bertz CT molecular complexity index is 1710. The zero-order valence-corrected chi connectivity index (χ0v) is 31.6. The molecule has 5 aliphatic carbocycles. The van der Waals surface area contributed by atoms with Gasteiger partial charge in [-0.3, -0.25) is 4.79 Å². The third-order valence-corrected chi connectivity index (χ3v) is 16.3. The van der Waals surface area contributed by atoms with Crippen LogP contribution >= 0.6 is 0 Å². The van der Waals surface area contributed by atoms with E-state index in [9.17, 15) is 14.7 Å². The number of aromatic nitrogens is 2. The first-order chi connectivity index (χ1) is 23.7. The Kier molecular flexibility index (Phi) is 7.88. The number of amides is 2. The number of nitrogens with zero attached hydrogens (tertiary/aromatic N) is 2. The number of aliphatic hydroxyl groups is 1. The van der Waals surface area contributed by atoms with E-state index in [0.29, 0.717) is 24.8 Å². The Morgan fingerprint density at radius 2 is 1.70 bits per heavy atom. The monoisotopic (exact) mass is 680 g/mol. The van der Waals surface area contributed by atoms with Gasteiger partial charge in [-0.25, -0.2) is 9.78 Å². The molecule has 7 heteroatoms. The summed E-state index contributed by atoms with van der Waals surface area (Å²) in [6.45, 7) is 17.4. The van der Waals surface area contributed by atoms with Crippen LogP contribution in [0.25, 0.3) is 11.3 Å². The summed E-state index contributed by atoms with van der Waals surface area (Å²) in [5, 5.41) is 14.8. The smallest absolute Gasteiger partial charge is 0.318 e. The molecule has 0 radical (unpaired) electrons. The predicted molar refractivity (Wildman–Crippen MR) is 197 cm³/mol. The largest absolute Gasteiger partial charge is 0.393 e. The lowest BCUT2D eigenvalue weighted by Gasteiger charge is -2.72. The van der Waals surface area contributed by atoms with Crippen molar-refractivity contribution in [2.45, 2.75) is 137 Å². The summed E-state index contributed by atoms with van der Waals surface area (Å²) in [6.07, 6.45) is 12.2. The van der Waals surface area contributed by atoms with Crippen molar-refractivity contribution in [3.63, 3.8) is 0 Å². The number of H-pyrrole nitrogens is 1. The maximum atomic E-state index is 14.5. The zero-order chi connectivity index (χ0) is 35.4. The average molecular weight is 681 g/mol. The van der Waals surface area contributed by atoms with E-state index in [1.807, 2.05) is 29.3 Å². The first-order valence-corrected chi connectivity index (χ1v) is 19.8. The Hall–Kier alpha value is -2.93. The molecule has 9 atom stereocenters. The van der Waals surface area contributed by atoms with Crippen molar-refractivity contribution in [1.82, 2.24) is 20.2 Å². The van der Waals surface area contributed by atoms with E-state index in [1.165, 1.54) is 12.0 Å². The molecule has 4 saturated carbocycles. The predicted octanol–water partition coefficient (Wildman–Crippen LogP) is 9.02. The molecule has 0 bridgehead atoms. The van der Waals surface area contributed by atoms with Gasteiger partial charge in [-0.1, -0.05) is 78.8 Å². The molecule has 5 fully saturated rings. The first kappa shape index (κ1) is 34.2. The summed E-state index contributed by atoms with van der Waals surface area (Å²) in [5.74, 6) is 2.57. The molecule has 0 spiro atoms. The maximum Gasteiger partial charge on any atom is 0.318 e. The number of benzene rings is 1. The molecule has 1 saturated heterocycles. The van der Waals surface area contributed by atoms with Crippen LogP contribution in [0.1, 0.15) is 131 Å². The molecular weight excluding hydrogens is 620 g/mol. The highest BCUT2D eigenvalue weighted by Crippen LogP contribution is 2.75. The minimum atomic E-state index is -0.620. The van der Waals surface area contributed by atoms with E-state index in [4.69, 9.17) is 4.98 Å². The van der Waals surface area contributed by atoms with Crippen LogP contribution in [0.4, 0.5) is 4.79 Å². The first-order valence-electron chi connectivity index (χ1n) is 19.8. The van der Waals surface area contributed by atoms with E-state index >= 15 is 0 Å². The molecule has 8 rings (SSSR count). The van der Waals surface area contributed by atoms with Gasteiger partial charge in [0.2, 0.25) is 0 Å². The number of aliphatic hydroxyl groups excluding tert-OH is 1. The number of nitrogens with one attached hydrogen (secondary N) is 2. The van der Waals surface area contributed by atoms with Gasteiger partial charge in [0.15, 0.2) is 5.78 Å². The van der Waals surface area contributed by atoms with Gasteiger partial charge in [0, 0.05) is 13.0 Å². The fourth-order valence-electron chi connectivity index (χ4n) is 13.6. The lowest BCUT2D eigenvalue weighted by atomic mass is 9.33. The van der Waals surface area contributed by atoms with Crippen LogP contribution in [0.2, 0.25) is 0 Å². The molecule has 2 aromatic rings. The Labute approximate surface area is 299 Å². The highest BCUT2D eigenvalue weighted by atomic mass is 16.3. The number of hydrogen-bond donors (Lipinski definition) is 3. The average Bonchev–Trinajstić information content (AvgIpc) is 3.81. The topological polar surface area (TPSA) is 98.3 Å². The fourth-order valence-corrected chi connectivity index (χ4v) is 13.6. The summed E-state index contributed by atoms with van der Waals surface area (Å²) in [7, 11) is 0. The van der Waals surface area contributed by atoms with Crippen molar-refractivity contribution >= 4 is 11.8 Å². The minimum Gasteiger partial charge on any atom is -0.393 e. The SMILES string of the molecule is CC(C)C1=C2[C@H]3CC[C@@H]4[C@@]5(C)CC[C@H](O)C(C)(C)[C@@H]5CC[C@@]4(C)[C@]3(C)CCC2(NC(=O)N2CCC[C@H]2c2ncc(-c3ccccc3)[nH]2)CC1=O. The summed E-state index contributed by atoms with van der Waals surface area (Å²) in [6, 6.07) is 10.0. The number of hydrogen-bond acceptors (Lipinski definition) is 4. The van der Waals surface area contributed by atoms with Crippen molar-refractivity contribution in [2.75, 3.05) is 6.54 Å². The second-order valence-electron chi connectivity index (χ2n) is 19.0. The Balaban J connectivity index is 1.11. The van der Waals surface area contributed by atoms with Crippen LogP contribution in [-0.2, 0) is 4.79 Å². The molecule has 2 heterocycles. The number of likely N-dealkylation sites (tertiary alicyclic amines) is 1. The van der Waals surface area contributed by atoms with Crippen molar-refractivity contribution in [3.8, 4) is 11.3 Å². The number of rotatable bonds is 4. The van der Waals surface area contributed by atoms with Gasteiger partial charge >= 0.3 is 6.03 Å². The van der Waals surface area contributed by atoms with Crippen molar-refractivity contribution in [3.05, 3.63) is 53.5 Å². The number of ketones is 1. The van der Waals surface area contributed by atoms with Gasteiger partial charge in [-0.15, -0.1) is 0 Å². The molecule has 50 heavy (non-hydrogen) atoms. The van der Waals surface area contributed by atoms with Gasteiger partial charge in [0.1, 0.15) is 5.82 Å². The van der Waals surface area contributed by atoms with Crippen molar-refractivity contribution in [2.24, 2.45) is 45.3 Å². The molecule has 270 valence electrons. The number of carbonyl (C=O) groups is 2. The fraction of sp³-hybridized carbons (Fsp3) is 0.698. The number of imidazole rings is 1. The number of aromatic amines is 1. The molecule has 7 nitrogen and oxygen atoms in total. The van der Waals surface area contributed by atoms with Crippen LogP contribution in [-0.4, -0.2) is 50.0 Å². The normalized spacial score (nSPS) is 40.7. The second-order valence-corrected chi connectivity index (χ2v) is 19.0. The van der Waals surface area contributed by atoms with Gasteiger partial charge in [-0.2, -0.15) is 0 Å². The van der Waals surface area contributed by atoms with E-state index in [1.54, 1.807) is 0 Å². The Morgan fingerprint density at radius 1 is 0.940 bits per heavy atom. The highest BCUT2D eigenvalue weighted by molar-refractivity contribution is 6.02. The van der Waals surface area contributed by atoms with E-state index in [0.717, 1.165) is 80.4 Å². The van der Waals surface area contributed by atoms with Crippen LogP contribution in [0.3, 0.4) is 0 Å². The third kappa shape index (κ3) is 4.66. The number of Topliss-reactive ketones (excluding diaryl/α,β-unsaturated/α-hetero) is 1. The lowest BCUT2D eigenvalue weighted by molar-refractivity contribution is -0.226. The Morgan fingerprint density at radius 3 is 2.44 bits per heavy atom. The molecule has 6 aliphatic rings. The molecular formula is C43H60N4O3. The van der Waals surface area contributed by atoms with Crippen molar-refractivity contribution < 1.29 is 14.7 Å².